The molecule has 2 aliphatic carbocycles. The van der Waals surface area contributed by atoms with Crippen molar-refractivity contribution in [3.05, 3.63) is 88.2 Å². The summed E-state index contributed by atoms with van der Waals surface area (Å²) in [6, 6.07) is 19.0. The summed E-state index contributed by atoms with van der Waals surface area (Å²) < 4.78 is 10.6. The molecule has 0 bridgehead atoms. The van der Waals surface area contributed by atoms with E-state index in [2.05, 4.69) is 42.5 Å². The van der Waals surface area contributed by atoms with E-state index in [-0.39, 0.29) is 0 Å². The summed E-state index contributed by atoms with van der Waals surface area (Å²) in [5.41, 5.74) is 10.3. The second-order valence-electron chi connectivity index (χ2n) is 8.60. The highest BCUT2D eigenvalue weighted by Gasteiger charge is 2.22. The number of aryl methyl sites for hydroxylation is 2. The predicted molar refractivity (Wildman–Crippen MR) is 132 cm³/mol. The zero-order valence-electron chi connectivity index (χ0n) is 18.9. The van der Waals surface area contributed by atoms with E-state index in [0.29, 0.717) is 0 Å². The second-order valence-corrected chi connectivity index (χ2v) is 8.60. The van der Waals surface area contributed by atoms with Crippen LogP contribution in [0, 0.1) is 0 Å². The Hall–Kier alpha value is -3.33. The maximum absolute atomic E-state index is 5.30. The van der Waals surface area contributed by atoms with Gasteiger partial charge in [-0.3, -0.25) is 0 Å². The lowest BCUT2D eigenvalue weighted by Crippen LogP contribution is -2.12. The van der Waals surface area contributed by atoms with Crippen molar-refractivity contribution in [2.45, 2.75) is 38.5 Å². The molecule has 0 fully saturated rings. The van der Waals surface area contributed by atoms with E-state index in [1.54, 1.807) is 14.2 Å². The van der Waals surface area contributed by atoms with Crippen LogP contribution in [0.5, 0.6) is 11.5 Å². The van der Waals surface area contributed by atoms with Crippen LogP contribution < -0.4 is 9.47 Å². The molecule has 0 amide bonds. The van der Waals surface area contributed by atoms with Crippen LogP contribution in [0.4, 0.5) is 0 Å². The standard InChI is InChI=1S/C29H29NO2/c1-31-26-13-9-20(10-14-26)17-22-5-3-7-24-19-25-8-4-6-23(29(25)30-28(22)24)18-21-11-15-27(32-2)16-12-21/h9-19H,3-8H2,1-2H3/b22-17-,23-18+. The average Bonchev–Trinajstić information content (AvgIpc) is 2.84. The van der Waals surface area contributed by atoms with Gasteiger partial charge in [0.25, 0.3) is 0 Å². The topological polar surface area (TPSA) is 31.4 Å². The van der Waals surface area contributed by atoms with Crippen LogP contribution in [0.15, 0.2) is 54.6 Å². The molecule has 3 aromatic rings. The second kappa shape index (κ2) is 9.04. The molecule has 2 aromatic carbocycles. The quantitative estimate of drug-likeness (QED) is 0.460. The molecule has 5 rings (SSSR count). The molecule has 3 heteroatoms. The van der Waals surface area contributed by atoms with Crippen LogP contribution in [0.1, 0.15) is 59.3 Å². The maximum Gasteiger partial charge on any atom is 0.118 e. The van der Waals surface area contributed by atoms with Gasteiger partial charge in [-0.05, 0) is 108 Å². The number of ether oxygens (including phenoxy) is 2. The number of aromatic nitrogens is 1. The van der Waals surface area contributed by atoms with Crippen molar-refractivity contribution in [1.82, 2.24) is 4.98 Å². The van der Waals surface area contributed by atoms with Gasteiger partial charge in [0, 0.05) is 0 Å². The molecule has 0 saturated carbocycles. The van der Waals surface area contributed by atoms with Crippen molar-refractivity contribution >= 4 is 23.3 Å². The van der Waals surface area contributed by atoms with E-state index in [0.717, 1.165) is 37.2 Å². The van der Waals surface area contributed by atoms with Gasteiger partial charge in [-0.2, -0.15) is 0 Å². The molecule has 1 heterocycles. The third kappa shape index (κ3) is 4.20. The summed E-state index contributed by atoms with van der Waals surface area (Å²) in [5, 5.41) is 0. The van der Waals surface area contributed by atoms with Gasteiger partial charge in [0.05, 0.1) is 25.6 Å². The fourth-order valence-electron chi connectivity index (χ4n) is 4.80. The van der Waals surface area contributed by atoms with Gasteiger partial charge in [0.1, 0.15) is 11.5 Å². The molecule has 0 saturated heterocycles. The normalized spacial score (nSPS) is 17.7. The first-order valence-electron chi connectivity index (χ1n) is 11.5. The third-order valence-corrected chi connectivity index (χ3v) is 6.49. The fraction of sp³-hybridized carbons (Fsp3) is 0.276. The van der Waals surface area contributed by atoms with Crippen LogP contribution >= 0.6 is 0 Å². The largest absolute Gasteiger partial charge is 0.497 e. The molecule has 0 unspecified atom stereocenters. The van der Waals surface area contributed by atoms with E-state index in [1.165, 1.54) is 57.6 Å². The van der Waals surface area contributed by atoms with Gasteiger partial charge in [0.15, 0.2) is 0 Å². The molecule has 0 aliphatic heterocycles. The Morgan fingerprint density at radius 1 is 0.625 bits per heavy atom. The van der Waals surface area contributed by atoms with Crippen molar-refractivity contribution in [3.63, 3.8) is 0 Å². The molecule has 32 heavy (non-hydrogen) atoms. The van der Waals surface area contributed by atoms with E-state index < -0.39 is 0 Å². The summed E-state index contributed by atoms with van der Waals surface area (Å²) in [6.07, 6.45) is 11.3. The summed E-state index contributed by atoms with van der Waals surface area (Å²) >= 11 is 0. The molecule has 3 nitrogen and oxygen atoms in total. The molecule has 162 valence electrons. The zero-order chi connectivity index (χ0) is 21.9. The Balaban J connectivity index is 1.53. The molecule has 0 radical (unpaired) electrons. The predicted octanol–water partition coefficient (Wildman–Crippen LogP) is 6.85. The van der Waals surface area contributed by atoms with Crippen molar-refractivity contribution in [2.24, 2.45) is 0 Å². The first-order valence-corrected chi connectivity index (χ1v) is 11.5. The molecule has 0 atom stereocenters. The van der Waals surface area contributed by atoms with Crippen LogP contribution in [0.3, 0.4) is 0 Å². The minimum Gasteiger partial charge on any atom is -0.497 e. The highest BCUT2D eigenvalue weighted by molar-refractivity contribution is 5.86. The number of methoxy groups -OCH3 is 2. The molecule has 0 spiro atoms. The maximum atomic E-state index is 5.30. The Morgan fingerprint density at radius 2 is 1.06 bits per heavy atom. The summed E-state index contributed by atoms with van der Waals surface area (Å²) in [6.45, 7) is 0. The Kier molecular flexibility index (Phi) is 5.81. The summed E-state index contributed by atoms with van der Waals surface area (Å²) in [4.78, 5) is 5.29. The van der Waals surface area contributed by atoms with Gasteiger partial charge in [-0.1, -0.05) is 30.3 Å². The van der Waals surface area contributed by atoms with Crippen LogP contribution in [0.25, 0.3) is 23.3 Å². The highest BCUT2D eigenvalue weighted by atomic mass is 16.5. The first kappa shape index (κ1) is 20.6. The third-order valence-electron chi connectivity index (χ3n) is 6.49. The zero-order valence-corrected chi connectivity index (χ0v) is 18.9. The lowest BCUT2D eigenvalue weighted by molar-refractivity contribution is 0.414. The number of pyridine rings is 1. The SMILES string of the molecule is COc1ccc(/C=C2/CCCc3cc4c(nc32)/C(=C/c2ccc(OC)cc2)CCC4)cc1. The van der Waals surface area contributed by atoms with Gasteiger partial charge < -0.3 is 9.47 Å². The molecule has 1 aromatic heterocycles. The molecular weight excluding hydrogens is 394 g/mol. The molecule has 2 aliphatic rings. The van der Waals surface area contributed by atoms with Crippen molar-refractivity contribution < 1.29 is 9.47 Å². The van der Waals surface area contributed by atoms with Gasteiger partial charge >= 0.3 is 0 Å². The van der Waals surface area contributed by atoms with Crippen molar-refractivity contribution in [3.8, 4) is 11.5 Å². The number of nitrogens with zero attached hydrogens (tertiary/aromatic N) is 1. The Bertz CT molecular complexity index is 1080. The number of rotatable bonds is 4. The van der Waals surface area contributed by atoms with Gasteiger partial charge in [-0.25, -0.2) is 4.98 Å². The Labute approximate surface area is 190 Å². The minimum atomic E-state index is 0.886. The van der Waals surface area contributed by atoms with E-state index in [4.69, 9.17) is 14.5 Å². The number of hydrogen-bond donors (Lipinski definition) is 0. The smallest absolute Gasteiger partial charge is 0.118 e. The van der Waals surface area contributed by atoms with Crippen LogP contribution in [-0.2, 0) is 12.8 Å². The minimum absolute atomic E-state index is 0.886. The Morgan fingerprint density at radius 3 is 1.47 bits per heavy atom. The number of benzene rings is 2. The lowest BCUT2D eigenvalue weighted by Gasteiger charge is -2.25. The molecule has 0 N–H and O–H groups in total. The molecular formula is C29H29NO2. The number of fused-ring (bicyclic) bond motifs is 2. The number of hydrogen-bond acceptors (Lipinski definition) is 3. The lowest BCUT2D eigenvalue weighted by atomic mass is 9.84. The summed E-state index contributed by atoms with van der Waals surface area (Å²) in [7, 11) is 3.41. The van der Waals surface area contributed by atoms with Crippen molar-refractivity contribution in [1.29, 1.82) is 0 Å². The fourth-order valence-corrected chi connectivity index (χ4v) is 4.80. The van der Waals surface area contributed by atoms with E-state index >= 15 is 0 Å². The van der Waals surface area contributed by atoms with Gasteiger partial charge in [-0.15, -0.1) is 0 Å². The summed E-state index contributed by atoms with van der Waals surface area (Å²) in [5.74, 6) is 1.77. The first-order chi connectivity index (χ1) is 15.7. The number of allylic oxidation sites excluding steroid dienone is 2. The van der Waals surface area contributed by atoms with Crippen LogP contribution in [-0.4, -0.2) is 19.2 Å². The van der Waals surface area contributed by atoms with E-state index in [1.807, 2.05) is 24.3 Å². The van der Waals surface area contributed by atoms with Crippen LogP contribution in [0.2, 0.25) is 0 Å². The monoisotopic (exact) mass is 423 g/mol. The highest BCUT2D eigenvalue weighted by Crippen LogP contribution is 2.37. The van der Waals surface area contributed by atoms with E-state index in [9.17, 15) is 0 Å². The van der Waals surface area contributed by atoms with Crippen molar-refractivity contribution in [2.75, 3.05) is 14.2 Å². The van der Waals surface area contributed by atoms with Gasteiger partial charge in [0.2, 0.25) is 0 Å². The average molecular weight is 424 g/mol.